The Morgan fingerprint density at radius 3 is 2.32 bits per heavy atom. The lowest BCUT2D eigenvalue weighted by Gasteiger charge is -2.28. The van der Waals surface area contributed by atoms with E-state index in [4.69, 9.17) is 11.6 Å². The Labute approximate surface area is 120 Å². The zero-order valence-corrected chi connectivity index (χ0v) is 12.7. The monoisotopic (exact) mass is 279 g/mol. The highest BCUT2D eigenvalue weighted by Crippen LogP contribution is 2.24. The second kappa shape index (κ2) is 5.96. The lowest BCUT2D eigenvalue weighted by atomic mass is 9.93. The molecule has 1 aliphatic carbocycles. The molecule has 19 heavy (non-hydrogen) atoms. The average molecular weight is 280 g/mol. The predicted octanol–water partition coefficient (Wildman–Crippen LogP) is 3.89. The van der Waals surface area contributed by atoms with Gasteiger partial charge in [0.2, 0.25) is 0 Å². The number of hydrogen-bond donors (Lipinski definition) is 1. The quantitative estimate of drug-likeness (QED) is 0.818. The van der Waals surface area contributed by atoms with Crippen molar-refractivity contribution in [1.82, 2.24) is 5.32 Å². The zero-order valence-electron chi connectivity index (χ0n) is 11.9. The van der Waals surface area contributed by atoms with E-state index in [1.165, 1.54) is 12.0 Å². The van der Waals surface area contributed by atoms with Crippen LogP contribution in [0.15, 0.2) is 12.1 Å². The molecular formula is C16H22ClNO. The molecule has 0 aliphatic heterocycles. The van der Waals surface area contributed by atoms with E-state index in [-0.39, 0.29) is 17.3 Å². The van der Waals surface area contributed by atoms with E-state index in [9.17, 15) is 4.79 Å². The summed E-state index contributed by atoms with van der Waals surface area (Å²) in [5.74, 6) is 0.0209. The molecule has 1 fully saturated rings. The second-order valence-electron chi connectivity index (χ2n) is 5.65. The van der Waals surface area contributed by atoms with E-state index in [0.717, 1.165) is 36.0 Å². The second-order valence-corrected chi connectivity index (χ2v) is 6.21. The summed E-state index contributed by atoms with van der Waals surface area (Å²) in [6, 6.07) is 4.23. The molecule has 1 aromatic carbocycles. The number of alkyl halides is 1. The summed E-state index contributed by atoms with van der Waals surface area (Å²) in [5, 5.41) is 3.19. The third-order valence-corrected chi connectivity index (χ3v) is 4.42. The molecule has 1 aliphatic rings. The first-order valence-electron chi connectivity index (χ1n) is 7.02. The van der Waals surface area contributed by atoms with Crippen LogP contribution >= 0.6 is 11.6 Å². The van der Waals surface area contributed by atoms with Gasteiger partial charge in [-0.2, -0.15) is 0 Å². The van der Waals surface area contributed by atoms with Gasteiger partial charge < -0.3 is 5.32 Å². The maximum atomic E-state index is 12.4. The zero-order chi connectivity index (χ0) is 14.0. The Kier molecular flexibility index (Phi) is 4.51. The van der Waals surface area contributed by atoms with Crippen LogP contribution in [-0.4, -0.2) is 17.3 Å². The minimum atomic E-state index is 0.0209. The minimum Gasteiger partial charge on any atom is -0.348 e. The Morgan fingerprint density at radius 2 is 1.74 bits per heavy atom. The molecule has 0 heterocycles. The van der Waals surface area contributed by atoms with Crippen molar-refractivity contribution in [3.05, 3.63) is 34.4 Å². The van der Waals surface area contributed by atoms with Gasteiger partial charge in [0, 0.05) is 11.6 Å². The summed E-state index contributed by atoms with van der Waals surface area (Å²) in [6.45, 7) is 6.04. The summed E-state index contributed by atoms with van der Waals surface area (Å²) in [4.78, 5) is 12.4. The van der Waals surface area contributed by atoms with Crippen LogP contribution in [0.25, 0.3) is 0 Å². The van der Waals surface area contributed by atoms with E-state index < -0.39 is 0 Å². The van der Waals surface area contributed by atoms with Gasteiger partial charge in [0.1, 0.15) is 0 Å². The number of aryl methyl sites for hydroxylation is 3. The Bertz CT molecular complexity index is 461. The molecule has 2 rings (SSSR count). The van der Waals surface area contributed by atoms with E-state index in [1.807, 2.05) is 13.8 Å². The largest absolute Gasteiger partial charge is 0.348 e. The Morgan fingerprint density at radius 1 is 1.16 bits per heavy atom. The third-order valence-electron chi connectivity index (χ3n) is 3.90. The normalized spacial score (nSPS) is 23.2. The fraction of sp³-hybridized carbons (Fsp3) is 0.562. The topological polar surface area (TPSA) is 29.1 Å². The van der Waals surface area contributed by atoms with Crippen molar-refractivity contribution in [3.8, 4) is 0 Å². The molecule has 2 atom stereocenters. The number of carbonyl (C=O) groups excluding carboxylic acids is 1. The third kappa shape index (κ3) is 3.30. The molecule has 0 spiro atoms. The van der Waals surface area contributed by atoms with Gasteiger partial charge in [-0.15, -0.1) is 11.6 Å². The molecule has 1 amide bonds. The minimum absolute atomic E-state index is 0.0209. The van der Waals surface area contributed by atoms with Gasteiger partial charge in [-0.1, -0.05) is 30.5 Å². The first-order valence-corrected chi connectivity index (χ1v) is 7.45. The van der Waals surface area contributed by atoms with Crippen molar-refractivity contribution in [1.29, 1.82) is 0 Å². The van der Waals surface area contributed by atoms with Crippen LogP contribution in [0.3, 0.4) is 0 Å². The van der Waals surface area contributed by atoms with Crippen LogP contribution in [0.5, 0.6) is 0 Å². The van der Waals surface area contributed by atoms with Crippen LogP contribution in [0, 0.1) is 20.8 Å². The highest BCUT2D eigenvalue weighted by molar-refractivity contribution is 6.21. The molecule has 0 aromatic heterocycles. The number of halogens is 1. The van der Waals surface area contributed by atoms with E-state index in [1.54, 1.807) is 0 Å². The standard InChI is InChI=1S/C16H22ClNO/c1-10-8-11(2)15(12(3)9-10)16(19)18-14-7-5-4-6-13(14)17/h8-9,13-14H,4-7H2,1-3H3,(H,18,19). The number of nitrogens with one attached hydrogen (secondary N) is 1. The van der Waals surface area contributed by atoms with Crippen molar-refractivity contribution in [2.24, 2.45) is 0 Å². The van der Waals surface area contributed by atoms with Crippen LogP contribution in [0.4, 0.5) is 0 Å². The van der Waals surface area contributed by atoms with Gasteiger partial charge in [0.05, 0.1) is 5.38 Å². The van der Waals surface area contributed by atoms with Crippen molar-refractivity contribution in [2.75, 3.05) is 0 Å². The first-order chi connectivity index (χ1) is 8.99. The van der Waals surface area contributed by atoms with Gasteiger partial charge in [0.25, 0.3) is 5.91 Å². The Balaban J connectivity index is 2.16. The summed E-state index contributed by atoms with van der Waals surface area (Å²) in [7, 11) is 0. The van der Waals surface area contributed by atoms with E-state index >= 15 is 0 Å². The van der Waals surface area contributed by atoms with Crippen molar-refractivity contribution in [2.45, 2.75) is 57.9 Å². The average Bonchev–Trinajstić information content (AvgIpc) is 2.30. The fourth-order valence-corrected chi connectivity index (χ4v) is 3.37. The van der Waals surface area contributed by atoms with Gasteiger partial charge in [0.15, 0.2) is 0 Å². The van der Waals surface area contributed by atoms with E-state index in [2.05, 4.69) is 24.4 Å². The van der Waals surface area contributed by atoms with Gasteiger partial charge >= 0.3 is 0 Å². The molecule has 1 saturated carbocycles. The number of hydrogen-bond acceptors (Lipinski definition) is 1. The molecule has 0 bridgehead atoms. The van der Waals surface area contributed by atoms with Crippen LogP contribution in [0.1, 0.15) is 52.7 Å². The molecule has 0 radical (unpaired) electrons. The fourth-order valence-electron chi connectivity index (χ4n) is 3.03. The van der Waals surface area contributed by atoms with Crippen molar-refractivity contribution < 1.29 is 4.79 Å². The van der Waals surface area contributed by atoms with Crippen LogP contribution in [-0.2, 0) is 0 Å². The smallest absolute Gasteiger partial charge is 0.252 e. The molecule has 1 N–H and O–H groups in total. The highest BCUT2D eigenvalue weighted by atomic mass is 35.5. The first kappa shape index (κ1) is 14.4. The summed E-state index contributed by atoms with van der Waals surface area (Å²) < 4.78 is 0. The predicted molar refractivity (Wildman–Crippen MR) is 80.0 cm³/mol. The SMILES string of the molecule is Cc1cc(C)c(C(=O)NC2CCCCC2Cl)c(C)c1. The molecule has 0 saturated heterocycles. The van der Waals surface area contributed by atoms with E-state index in [0.29, 0.717) is 0 Å². The van der Waals surface area contributed by atoms with Crippen LogP contribution in [0.2, 0.25) is 0 Å². The summed E-state index contributed by atoms with van der Waals surface area (Å²) >= 11 is 6.30. The number of rotatable bonds is 2. The summed E-state index contributed by atoms with van der Waals surface area (Å²) in [6.07, 6.45) is 4.31. The van der Waals surface area contributed by atoms with Crippen molar-refractivity contribution in [3.63, 3.8) is 0 Å². The van der Waals surface area contributed by atoms with Gasteiger partial charge in [-0.05, 0) is 44.7 Å². The number of carbonyl (C=O) groups is 1. The molecular weight excluding hydrogens is 258 g/mol. The lowest BCUT2D eigenvalue weighted by Crippen LogP contribution is -2.43. The molecule has 1 aromatic rings. The number of amides is 1. The number of benzene rings is 1. The van der Waals surface area contributed by atoms with Gasteiger partial charge in [-0.3, -0.25) is 4.79 Å². The van der Waals surface area contributed by atoms with Gasteiger partial charge in [-0.25, -0.2) is 0 Å². The maximum absolute atomic E-state index is 12.4. The van der Waals surface area contributed by atoms with Crippen molar-refractivity contribution >= 4 is 17.5 Å². The maximum Gasteiger partial charge on any atom is 0.252 e. The molecule has 2 unspecified atom stereocenters. The van der Waals surface area contributed by atoms with Crippen LogP contribution < -0.4 is 5.32 Å². The molecule has 2 nitrogen and oxygen atoms in total. The highest BCUT2D eigenvalue weighted by Gasteiger charge is 2.25. The molecule has 3 heteroatoms. The Hall–Kier alpha value is -1.02. The lowest BCUT2D eigenvalue weighted by molar-refractivity contribution is 0.0927. The summed E-state index contributed by atoms with van der Waals surface area (Å²) in [5.41, 5.74) is 4.08. The molecule has 104 valence electrons.